The van der Waals surface area contributed by atoms with E-state index in [1.807, 2.05) is 0 Å². The van der Waals surface area contributed by atoms with Gasteiger partial charge in [-0.15, -0.1) is 0 Å². The van der Waals surface area contributed by atoms with Crippen LogP contribution in [0.2, 0.25) is 0 Å². The number of fused-ring (bicyclic) bond motifs is 1. The van der Waals surface area contributed by atoms with Crippen molar-refractivity contribution < 1.29 is 0 Å². The van der Waals surface area contributed by atoms with Crippen LogP contribution in [0.25, 0.3) is 16.9 Å². The van der Waals surface area contributed by atoms with Crippen LogP contribution in [0.1, 0.15) is 29.5 Å². The maximum atomic E-state index is 5.02. The summed E-state index contributed by atoms with van der Waals surface area (Å²) in [7, 11) is 0. The maximum absolute atomic E-state index is 5.02. The van der Waals surface area contributed by atoms with E-state index in [0.717, 1.165) is 30.2 Å². The summed E-state index contributed by atoms with van der Waals surface area (Å²) in [6.45, 7) is 5.29. The van der Waals surface area contributed by atoms with Crippen LogP contribution in [-0.4, -0.2) is 16.3 Å². The van der Waals surface area contributed by atoms with Crippen molar-refractivity contribution in [2.75, 3.05) is 11.9 Å². The Labute approximate surface area is 143 Å². The minimum atomic E-state index is 1.01. The van der Waals surface area contributed by atoms with Gasteiger partial charge < -0.3 is 5.32 Å². The van der Waals surface area contributed by atoms with Crippen LogP contribution in [0.3, 0.4) is 0 Å². The Balaban J connectivity index is 1.92. The van der Waals surface area contributed by atoms with E-state index in [1.165, 1.54) is 35.1 Å². The molecule has 0 saturated heterocycles. The minimum Gasteiger partial charge on any atom is -0.370 e. The first-order valence-corrected chi connectivity index (χ1v) is 8.73. The molecule has 0 fully saturated rings. The molecule has 0 amide bonds. The van der Waals surface area contributed by atoms with Crippen molar-refractivity contribution in [1.29, 1.82) is 0 Å². The molecule has 0 aliphatic carbocycles. The van der Waals surface area contributed by atoms with Gasteiger partial charge in [0, 0.05) is 17.7 Å². The third kappa shape index (κ3) is 2.60. The SMILES string of the molecule is Cc1ccc(-n2nc(-c3ccccc3C)c3c2NCCCC3)cc1. The summed E-state index contributed by atoms with van der Waals surface area (Å²) >= 11 is 0. The smallest absolute Gasteiger partial charge is 0.133 e. The van der Waals surface area contributed by atoms with Gasteiger partial charge in [-0.2, -0.15) is 5.10 Å². The first-order valence-electron chi connectivity index (χ1n) is 8.73. The third-order valence-electron chi connectivity index (χ3n) is 4.81. The van der Waals surface area contributed by atoms with Crippen molar-refractivity contribution in [3.63, 3.8) is 0 Å². The molecule has 0 radical (unpaired) electrons. The Hall–Kier alpha value is -2.55. The van der Waals surface area contributed by atoms with E-state index >= 15 is 0 Å². The molecule has 1 aromatic heterocycles. The topological polar surface area (TPSA) is 29.9 Å². The predicted octanol–water partition coefficient (Wildman–Crippen LogP) is 4.90. The zero-order chi connectivity index (χ0) is 16.5. The molecular weight excluding hydrogens is 294 g/mol. The number of hydrogen-bond donors (Lipinski definition) is 1. The van der Waals surface area contributed by atoms with Gasteiger partial charge in [-0.25, -0.2) is 4.68 Å². The van der Waals surface area contributed by atoms with Gasteiger partial charge in [0.1, 0.15) is 5.82 Å². The second kappa shape index (κ2) is 6.16. The molecule has 0 saturated carbocycles. The molecule has 1 N–H and O–H groups in total. The average Bonchev–Trinajstić information content (AvgIpc) is 2.78. The second-order valence-electron chi connectivity index (χ2n) is 6.62. The number of benzene rings is 2. The van der Waals surface area contributed by atoms with Crippen LogP contribution >= 0.6 is 0 Å². The normalized spacial score (nSPS) is 13.9. The molecule has 0 bridgehead atoms. The van der Waals surface area contributed by atoms with Gasteiger partial charge in [-0.3, -0.25) is 0 Å². The largest absolute Gasteiger partial charge is 0.370 e. The molecule has 3 aromatic rings. The number of aromatic nitrogens is 2. The highest BCUT2D eigenvalue weighted by Gasteiger charge is 2.22. The number of aryl methyl sites for hydroxylation is 2. The van der Waals surface area contributed by atoms with Gasteiger partial charge in [0.25, 0.3) is 0 Å². The van der Waals surface area contributed by atoms with E-state index in [2.05, 4.69) is 72.4 Å². The predicted molar refractivity (Wildman–Crippen MR) is 99.9 cm³/mol. The van der Waals surface area contributed by atoms with Crippen molar-refractivity contribution in [3.8, 4) is 16.9 Å². The van der Waals surface area contributed by atoms with Gasteiger partial charge in [-0.05, 0) is 50.8 Å². The van der Waals surface area contributed by atoms with Crippen LogP contribution in [0.4, 0.5) is 5.82 Å². The van der Waals surface area contributed by atoms with Gasteiger partial charge in [0.05, 0.1) is 11.4 Å². The quantitative estimate of drug-likeness (QED) is 0.728. The highest BCUT2D eigenvalue weighted by atomic mass is 15.3. The van der Waals surface area contributed by atoms with E-state index in [-0.39, 0.29) is 0 Å². The molecular formula is C21H23N3. The lowest BCUT2D eigenvalue weighted by molar-refractivity contribution is 0.780. The molecule has 3 heteroatoms. The number of nitrogens with zero attached hydrogens (tertiary/aromatic N) is 2. The number of nitrogens with one attached hydrogen (secondary N) is 1. The van der Waals surface area contributed by atoms with Crippen molar-refractivity contribution in [1.82, 2.24) is 9.78 Å². The van der Waals surface area contributed by atoms with Gasteiger partial charge in [-0.1, -0.05) is 42.0 Å². The summed E-state index contributed by atoms with van der Waals surface area (Å²) in [5.41, 5.74) is 7.37. The standard InChI is InChI=1S/C21H23N3/c1-15-10-12-17(13-11-15)24-21-19(9-5-6-14-22-21)20(23-24)18-8-4-3-7-16(18)2/h3-4,7-8,10-13,22H,5-6,9,14H2,1-2H3. The Morgan fingerprint density at radius 3 is 2.54 bits per heavy atom. The van der Waals surface area contributed by atoms with Crippen LogP contribution in [-0.2, 0) is 6.42 Å². The highest BCUT2D eigenvalue weighted by Crippen LogP contribution is 2.35. The van der Waals surface area contributed by atoms with Crippen LogP contribution in [0.5, 0.6) is 0 Å². The van der Waals surface area contributed by atoms with Crippen molar-refractivity contribution in [3.05, 3.63) is 65.2 Å². The molecule has 24 heavy (non-hydrogen) atoms. The van der Waals surface area contributed by atoms with Gasteiger partial charge >= 0.3 is 0 Å². The Kier molecular flexibility index (Phi) is 3.85. The lowest BCUT2D eigenvalue weighted by Gasteiger charge is -2.09. The molecule has 3 nitrogen and oxygen atoms in total. The molecule has 0 unspecified atom stereocenters. The first-order chi connectivity index (χ1) is 11.7. The van der Waals surface area contributed by atoms with Crippen LogP contribution < -0.4 is 5.32 Å². The van der Waals surface area contributed by atoms with Crippen molar-refractivity contribution in [2.24, 2.45) is 0 Å². The summed E-state index contributed by atoms with van der Waals surface area (Å²) in [6.07, 6.45) is 3.49. The zero-order valence-corrected chi connectivity index (χ0v) is 14.3. The first kappa shape index (κ1) is 15.0. The Morgan fingerprint density at radius 2 is 1.75 bits per heavy atom. The summed E-state index contributed by atoms with van der Waals surface area (Å²) < 4.78 is 2.09. The molecule has 122 valence electrons. The minimum absolute atomic E-state index is 1.01. The average molecular weight is 317 g/mol. The summed E-state index contributed by atoms with van der Waals surface area (Å²) in [5, 5.41) is 8.64. The fraction of sp³-hybridized carbons (Fsp3) is 0.286. The number of rotatable bonds is 2. The van der Waals surface area contributed by atoms with E-state index in [9.17, 15) is 0 Å². The van der Waals surface area contributed by atoms with Gasteiger partial charge in [0.2, 0.25) is 0 Å². The monoisotopic (exact) mass is 317 g/mol. The molecule has 2 aromatic carbocycles. The Bertz CT molecular complexity index is 859. The van der Waals surface area contributed by atoms with Crippen LogP contribution in [0.15, 0.2) is 48.5 Å². The van der Waals surface area contributed by atoms with E-state index in [0.29, 0.717) is 0 Å². The van der Waals surface area contributed by atoms with E-state index < -0.39 is 0 Å². The third-order valence-corrected chi connectivity index (χ3v) is 4.81. The number of hydrogen-bond acceptors (Lipinski definition) is 2. The molecule has 0 spiro atoms. The van der Waals surface area contributed by atoms with Crippen molar-refractivity contribution in [2.45, 2.75) is 33.1 Å². The zero-order valence-electron chi connectivity index (χ0n) is 14.3. The lowest BCUT2D eigenvalue weighted by atomic mass is 10.00. The fourth-order valence-electron chi connectivity index (χ4n) is 3.43. The Morgan fingerprint density at radius 1 is 0.958 bits per heavy atom. The summed E-state index contributed by atoms with van der Waals surface area (Å²) in [4.78, 5) is 0. The fourth-order valence-corrected chi connectivity index (χ4v) is 3.43. The number of anilines is 1. The van der Waals surface area contributed by atoms with Crippen LogP contribution in [0, 0.1) is 13.8 Å². The lowest BCUT2D eigenvalue weighted by Crippen LogP contribution is -2.07. The molecule has 1 aliphatic heterocycles. The summed E-state index contributed by atoms with van der Waals surface area (Å²) in [5.74, 6) is 1.16. The summed E-state index contributed by atoms with van der Waals surface area (Å²) in [6, 6.07) is 17.1. The molecule has 2 heterocycles. The maximum Gasteiger partial charge on any atom is 0.133 e. The second-order valence-corrected chi connectivity index (χ2v) is 6.62. The van der Waals surface area contributed by atoms with Gasteiger partial charge in [0.15, 0.2) is 0 Å². The van der Waals surface area contributed by atoms with E-state index in [4.69, 9.17) is 5.10 Å². The van der Waals surface area contributed by atoms with E-state index in [1.54, 1.807) is 0 Å². The van der Waals surface area contributed by atoms with Crippen molar-refractivity contribution >= 4 is 5.82 Å². The highest BCUT2D eigenvalue weighted by molar-refractivity contribution is 5.73. The molecule has 4 rings (SSSR count). The molecule has 1 aliphatic rings. The molecule has 0 atom stereocenters.